The zero-order valence-electron chi connectivity index (χ0n) is 15.3. The first-order valence-corrected chi connectivity index (χ1v) is 8.84. The fourth-order valence-electron chi connectivity index (χ4n) is 3.22. The summed E-state index contributed by atoms with van der Waals surface area (Å²) in [6.07, 6.45) is 4.51. The van der Waals surface area contributed by atoms with Crippen molar-refractivity contribution >= 4 is 5.96 Å². The second kappa shape index (κ2) is 8.05. The normalized spacial score (nSPS) is 18.3. The van der Waals surface area contributed by atoms with Crippen LogP contribution in [0.4, 0.5) is 0 Å². The summed E-state index contributed by atoms with van der Waals surface area (Å²) < 4.78 is 7.07. The Bertz CT molecular complexity index is 707. The van der Waals surface area contributed by atoms with E-state index in [9.17, 15) is 0 Å². The van der Waals surface area contributed by atoms with Crippen molar-refractivity contribution in [3.63, 3.8) is 0 Å². The minimum atomic E-state index is 0.667. The molecule has 2 heterocycles. The van der Waals surface area contributed by atoms with Crippen molar-refractivity contribution in [1.29, 1.82) is 0 Å². The minimum Gasteiger partial charge on any atom is -0.497 e. The summed E-state index contributed by atoms with van der Waals surface area (Å²) in [7, 11) is 3.51. The Morgan fingerprint density at radius 1 is 1.32 bits per heavy atom. The zero-order valence-corrected chi connectivity index (χ0v) is 15.3. The van der Waals surface area contributed by atoms with E-state index in [0.29, 0.717) is 6.54 Å². The monoisotopic (exact) mass is 341 g/mol. The molecule has 1 aliphatic heterocycles. The number of guanidine groups is 1. The van der Waals surface area contributed by atoms with E-state index in [0.717, 1.165) is 42.1 Å². The van der Waals surface area contributed by atoms with E-state index >= 15 is 0 Å². The highest BCUT2D eigenvalue weighted by molar-refractivity contribution is 5.79. The molecular formula is C19H27N5O. The van der Waals surface area contributed by atoms with E-state index in [1.54, 1.807) is 7.11 Å². The van der Waals surface area contributed by atoms with Crippen molar-refractivity contribution in [3.8, 4) is 11.4 Å². The van der Waals surface area contributed by atoms with E-state index in [4.69, 9.17) is 4.74 Å². The molecule has 1 fully saturated rings. The molecule has 134 valence electrons. The molecule has 3 rings (SSSR count). The Labute approximate surface area is 149 Å². The van der Waals surface area contributed by atoms with Crippen LogP contribution in [-0.2, 0) is 6.54 Å². The summed E-state index contributed by atoms with van der Waals surface area (Å²) in [6, 6.07) is 9.90. The van der Waals surface area contributed by atoms with Crippen LogP contribution in [0, 0.1) is 5.92 Å². The summed E-state index contributed by atoms with van der Waals surface area (Å²) >= 11 is 0. The van der Waals surface area contributed by atoms with Crippen molar-refractivity contribution in [2.24, 2.45) is 10.9 Å². The van der Waals surface area contributed by atoms with Gasteiger partial charge in [-0.2, -0.15) is 5.10 Å². The first-order chi connectivity index (χ1) is 12.2. The summed E-state index contributed by atoms with van der Waals surface area (Å²) in [5.41, 5.74) is 2.00. The number of aromatic nitrogens is 2. The molecule has 1 saturated heterocycles. The summed E-state index contributed by atoms with van der Waals surface area (Å²) in [6.45, 7) is 5.11. The molecule has 0 radical (unpaired) electrons. The Morgan fingerprint density at radius 2 is 2.12 bits per heavy atom. The average molecular weight is 341 g/mol. The van der Waals surface area contributed by atoms with Gasteiger partial charge < -0.3 is 15.0 Å². The number of nitrogens with zero attached hydrogens (tertiary/aromatic N) is 4. The molecule has 0 bridgehead atoms. The van der Waals surface area contributed by atoms with Gasteiger partial charge in [-0.3, -0.25) is 4.99 Å². The predicted molar refractivity (Wildman–Crippen MR) is 100 cm³/mol. The van der Waals surface area contributed by atoms with Gasteiger partial charge in [0.25, 0.3) is 0 Å². The molecule has 1 aromatic carbocycles. The maximum absolute atomic E-state index is 5.20. The van der Waals surface area contributed by atoms with Gasteiger partial charge in [-0.25, -0.2) is 4.68 Å². The summed E-state index contributed by atoms with van der Waals surface area (Å²) in [4.78, 5) is 6.77. The van der Waals surface area contributed by atoms with Crippen LogP contribution in [0.25, 0.3) is 5.69 Å². The lowest BCUT2D eigenvalue weighted by Gasteiger charge is -2.33. The molecule has 1 atom stereocenters. The highest BCUT2D eigenvalue weighted by atomic mass is 16.5. The minimum absolute atomic E-state index is 0.667. The fourth-order valence-corrected chi connectivity index (χ4v) is 3.22. The number of nitrogens with one attached hydrogen (secondary N) is 1. The van der Waals surface area contributed by atoms with Crippen LogP contribution < -0.4 is 10.1 Å². The van der Waals surface area contributed by atoms with Gasteiger partial charge in [0.15, 0.2) is 5.96 Å². The number of piperidine rings is 1. The van der Waals surface area contributed by atoms with Gasteiger partial charge in [0.2, 0.25) is 0 Å². The number of methoxy groups -OCH3 is 1. The average Bonchev–Trinajstić information content (AvgIpc) is 3.11. The van der Waals surface area contributed by atoms with Gasteiger partial charge in [-0.15, -0.1) is 0 Å². The standard InChI is InChI=1S/C19H27N5O/c1-15-5-4-11-23(14-15)19(20-2)21-13-16-10-12-24(22-16)17-6-8-18(25-3)9-7-17/h6-10,12,15H,4-5,11,13-14H2,1-3H3,(H,20,21). The van der Waals surface area contributed by atoms with Gasteiger partial charge >= 0.3 is 0 Å². The second-order valence-electron chi connectivity index (χ2n) is 6.54. The summed E-state index contributed by atoms with van der Waals surface area (Å²) in [5, 5.41) is 8.08. The highest BCUT2D eigenvalue weighted by Crippen LogP contribution is 2.16. The van der Waals surface area contributed by atoms with Crippen molar-refractivity contribution in [2.75, 3.05) is 27.2 Å². The maximum Gasteiger partial charge on any atom is 0.193 e. The van der Waals surface area contributed by atoms with Crippen LogP contribution in [0.1, 0.15) is 25.5 Å². The molecule has 1 aliphatic rings. The first-order valence-electron chi connectivity index (χ1n) is 8.84. The predicted octanol–water partition coefficient (Wildman–Crippen LogP) is 2.69. The maximum atomic E-state index is 5.20. The smallest absolute Gasteiger partial charge is 0.193 e. The number of ether oxygens (including phenoxy) is 1. The second-order valence-corrected chi connectivity index (χ2v) is 6.54. The van der Waals surface area contributed by atoms with Crippen LogP contribution in [-0.4, -0.2) is 47.9 Å². The van der Waals surface area contributed by atoms with E-state index in [1.807, 2.05) is 48.3 Å². The molecule has 0 amide bonds. The quantitative estimate of drug-likeness (QED) is 0.686. The van der Waals surface area contributed by atoms with Crippen molar-refractivity contribution in [2.45, 2.75) is 26.3 Å². The van der Waals surface area contributed by atoms with Gasteiger partial charge in [-0.05, 0) is 49.1 Å². The van der Waals surface area contributed by atoms with Crippen LogP contribution in [0.15, 0.2) is 41.5 Å². The van der Waals surface area contributed by atoms with Gasteiger partial charge in [0.05, 0.1) is 25.0 Å². The van der Waals surface area contributed by atoms with Crippen molar-refractivity contribution < 1.29 is 4.74 Å². The lowest BCUT2D eigenvalue weighted by atomic mass is 10.0. The third-order valence-electron chi connectivity index (χ3n) is 4.58. The lowest BCUT2D eigenvalue weighted by Crippen LogP contribution is -2.45. The summed E-state index contributed by atoms with van der Waals surface area (Å²) in [5.74, 6) is 2.53. The molecule has 6 heteroatoms. The fraction of sp³-hybridized carbons (Fsp3) is 0.474. The third-order valence-corrected chi connectivity index (χ3v) is 4.58. The van der Waals surface area contributed by atoms with Gasteiger partial charge in [0.1, 0.15) is 5.75 Å². The van der Waals surface area contributed by atoms with Crippen molar-refractivity contribution in [1.82, 2.24) is 20.0 Å². The number of rotatable bonds is 4. The molecule has 0 spiro atoms. The van der Waals surface area contributed by atoms with Crippen LogP contribution in [0.5, 0.6) is 5.75 Å². The number of hydrogen-bond acceptors (Lipinski definition) is 3. The first kappa shape index (κ1) is 17.3. The van der Waals surface area contributed by atoms with E-state index in [-0.39, 0.29) is 0 Å². The van der Waals surface area contributed by atoms with E-state index in [1.165, 1.54) is 12.8 Å². The van der Waals surface area contributed by atoms with Crippen LogP contribution >= 0.6 is 0 Å². The third kappa shape index (κ3) is 4.32. The molecular weight excluding hydrogens is 314 g/mol. The number of aliphatic imine (C=N–C) groups is 1. The SMILES string of the molecule is CN=C(NCc1ccn(-c2ccc(OC)cc2)n1)N1CCCC(C)C1. The van der Waals surface area contributed by atoms with E-state index < -0.39 is 0 Å². The molecule has 1 aromatic heterocycles. The van der Waals surface area contributed by atoms with Crippen LogP contribution in [0.3, 0.4) is 0 Å². The van der Waals surface area contributed by atoms with E-state index in [2.05, 4.69) is 27.2 Å². The van der Waals surface area contributed by atoms with Gasteiger partial charge in [-0.1, -0.05) is 6.92 Å². The largest absolute Gasteiger partial charge is 0.497 e. The Hall–Kier alpha value is -2.50. The number of hydrogen-bond donors (Lipinski definition) is 1. The topological polar surface area (TPSA) is 54.7 Å². The number of benzene rings is 1. The highest BCUT2D eigenvalue weighted by Gasteiger charge is 2.19. The molecule has 25 heavy (non-hydrogen) atoms. The van der Waals surface area contributed by atoms with Crippen LogP contribution in [0.2, 0.25) is 0 Å². The Morgan fingerprint density at radius 3 is 2.80 bits per heavy atom. The molecule has 0 aliphatic carbocycles. The Kier molecular flexibility index (Phi) is 5.58. The molecule has 6 nitrogen and oxygen atoms in total. The number of likely N-dealkylation sites (tertiary alicyclic amines) is 1. The molecule has 1 N–H and O–H groups in total. The molecule has 1 unspecified atom stereocenters. The Balaban J connectivity index is 1.60. The molecule has 0 saturated carbocycles. The lowest BCUT2D eigenvalue weighted by molar-refractivity contribution is 0.266. The van der Waals surface area contributed by atoms with Crippen molar-refractivity contribution in [3.05, 3.63) is 42.2 Å². The zero-order chi connectivity index (χ0) is 17.6. The van der Waals surface area contributed by atoms with Gasteiger partial charge in [0, 0.05) is 26.3 Å². The molecule has 2 aromatic rings.